The molecule has 3 aromatic rings. The third-order valence-electron chi connectivity index (χ3n) is 5.15. The molecule has 1 saturated heterocycles. The Kier molecular flexibility index (Phi) is 6.52. The normalized spacial score (nSPS) is 13.7. The molecule has 0 N–H and O–H groups in total. The second-order valence-electron chi connectivity index (χ2n) is 7.12. The van der Waals surface area contributed by atoms with E-state index in [0.29, 0.717) is 37.0 Å². The number of carbonyl (C=O) groups is 1. The number of hydrogen-bond donors (Lipinski definition) is 0. The molecule has 0 radical (unpaired) electrons. The lowest BCUT2D eigenvalue weighted by atomic mass is 10.1. The maximum Gasteiger partial charge on any atom is 0.260 e. The maximum atomic E-state index is 12.5. The fourth-order valence-corrected chi connectivity index (χ4v) is 3.57. The molecule has 0 unspecified atom stereocenters. The van der Waals surface area contributed by atoms with Crippen molar-refractivity contribution in [2.24, 2.45) is 0 Å². The largest absolute Gasteiger partial charge is 0.497 e. The number of methoxy groups -OCH3 is 1. The number of halogens is 1. The average Bonchev–Trinajstić information content (AvgIpc) is 2.83. The second kappa shape index (κ2) is 9.66. The van der Waals surface area contributed by atoms with Crippen LogP contribution < -0.4 is 14.4 Å². The van der Waals surface area contributed by atoms with Crippen molar-refractivity contribution in [2.45, 2.75) is 0 Å². The number of hydrogen-bond acceptors (Lipinski definition) is 6. The summed E-state index contributed by atoms with van der Waals surface area (Å²) in [6.07, 6.45) is 0. The number of aromatic nitrogens is 2. The molecule has 2 heterocycles. The van der Waals surface area contributed by atoms with Crippen molar-refractivity contribution < 1.29 is 14.3 Å². The van der Waals surface area contributed by atoms with E-state index in [2.05, 4.69) is 15.1 Å². The molecule has 8 heteroatoms. The molecular formula is C23H23ClN4O3. The first-order valence-corrected chi connectivity index (χ1v) is 10.4. The third-order valence-corrected chi connectivity index (χ3v) is 5.39. The van der Waals surface area contributed by atoms with E-state index in [1.165, 1.54) is 0 Å². The van der Waals surface area contributed by atoms with Gasteiger partial charge in [-0.1, -0.05) is 17.7 Å². The van der Waals surface area contributed by atoms with Crippen molar-refractivity contribution >= 4 is 23.3 Å². The molecule has 1 aliphatic heterocycles. The van der Waals surface area contributed by atoms with Gasteiger partial charge in [0.05, 0.1) is 12.8 Å². The molecule has 2 aromatic carbocycles. The Morgan fingerprint density at radius 2 is 1.74 bits per heavy atom. The molecule has 1 aliphatic rings. The third kappa shape index (κ3) is 5.24. The molecule has 0 aliphatic carbocycles. The van der Waals surface area contributed by atoms with Crippen molar-refractivity contribution in [1.29, 1.82) is 0 Å². The Balaban J connectivity index is 1.29. The van der Waals surface area contributed by atoms with Gasteiger partial charge in [-0.25, -0.2) is 0 Å². The summed E-state index contributed by atoms with van der Waals surface area (Å²) in [5.74, 6) is 2.16. The van der Waals surface area contributed by atoms with Crippen molar-refractivity contribution in [2.75, 3.05) is 44.8 Å². The Morgan fingerprint density at radius 3 is 2.39 bits per heavy atom. The molecule has 4 rings (SSSR count). The first-order chi connectivity index (χ1) is 15.1. The van der Waals surface area contributed by atoms with Gasteiger partial charge in [0.25, 0.3) is 5.91 Å². The quantitative estimate of drug-likeness (QED) is 0.586. The van der Waals surface area contributed by atoms with Gasteiger partial charge in [0.2, 0.25) is 0 Å². The van der Waals surface area contributed by atoms with Crippen LogP contribution in [0.5, 0.6) is 11.5 Å². The van der Waals surface area contributed by atoms with Gasteiger partial charge >= 0.3 is 0 Å². The van der Waals surface area contributed by atoms with Crippen LogP contribution in [-0.2, 0) is 4.79 Å². The predicted octanol–water partition coefficient (Wildman–Crippen LogP) is 3.53. The summed E-state index contributed by atoms with van der Waals surface area (Å²) < 4.78 is 10.8. The van der Waals surface area contributed by atoms with E-state index in [0.717, 1.165) is 22.8 Å². The SMILES string of the molecule is COc1ccc(-c2ccc(N3CCN(C(=O)COc4cccc(Cl)c4)CC3)nn2)cc1. The zero-order chi connectivity index (χ0) is 21.6. The van der Waals surface area contributed by atoms with Crippen LogP contribution in [-0.4, -0.2) is 60.9 Å². The predicted molar refractivity (Wildman–Crippen MR) is 120 cm³/mol. The lowest BCUT2D eigenvalue weighted by Crippen LogP contribution is -2.50. The van der Waals surface area contributed by atoms with Crippen LogP contribution in [0.25, 0.3) is 11.3 Å². The molecule has 0 saturated carbocycles. The molecule has 1 aromatic heterocycles. The Labute approximate surface area is 186 Å². The van der Waals surface area contributed by atoms with Crippen molar-refractivity contribution in [3.63, 3.8) is 0 Å². The number of carbonyl (C=O) groups excluding carboxylic acids is 1. The minimum Gasteiger partial charge on any atom is -0.497 e. The Morgan fingerprint density at radius 1 is 0.968 bits per heavy atom. The van der Waals surface area contributed by atoms with Crippen LogP contribution in [0.15, 0.2) is 60.7 Å². The van der Waals surface area contributed by atoms with Gasteiger partial charge in [0, 0.05) is 36.8 Å². The number of piperazine rings is 1. The van der Waals surface area contributed by atoms with E-state index in [4.69, 9.17) is 21.1 Å². The number of amides is 1. The van der Waals surface area contributed by atoms with Crippen molar-refractivity contribution in [1.82, 2.24) is 15.1 Å². The van der Waals surface area contributed by atoms with E-state index >= 15 is 0 Å². The zero-order valence-electron chi connectivity index (χ0n) is 17.2. The lowest BCUT2D eigenvalue weighted by molar-refractivity contribution is -0.133. The maximum absolute atomic E-state index is 12.5. The van der Waals surface area contributed by atoms with E-state index in [1.54, 1.807) is 36.3 Å². The smallest absolute Gasteiger partial charge is 0.260 e. The summed E-state index contributed by atoms with van der Waals surface area (Å²) in [6, 6.07) is 18.7. The van der Waals surface area contributed by atoms with E-state index < -0.39 is 0 Å². The standard InChI is InChI=1S/C23H23ClN4O3/c1-30-19-7-5-17(6-8-19)21-9-10-22(26-25-21)27-11-13-28(14-12-27)23(29)16-31-20-4-2-3-18(24)15-20/h2-10,15H,11-14,16H2,1H3. The fraction of sp³-hybridized carbons (Fsp3) is 0.261. The fourth-order valence-electron chi connectivity index (χ4n) is 3.39. The van der Waals surface area contributed by atoms with Crippen LogP contribution >= 0.6 is 11.6 Å². The van der Waals surface area contributed by atoms with Crippen LogP contribution in [0.4, 0.5) is 5.82 Å². The topological polar surface area (TPSA) is 67.8 Å². The molecule has 0 atom stereocenters. The number of anilines is 1. The summed E-state index contributed by atoms with van der Waals surface area (Å²) in [5, 5.41) is 9.32. The molecule has 7 nitrogen and oxygen atoms in total. The first-order valence-electron chi connectivity index (χ1n) is 10.0. The lowest BCUT2D eigenvalue weighted by Gasteiger charge is -2.35. The van der Waals surface area contributed by atoms with Gasteiger partial charge in [0.15, 0.2) is 12.4 Å². The molecule has 0 bridgehead atoms. The van der Waals surface area contributed by atoms with Gasteiger partial charge < -0.3 is 19.3 Å². The highest BCUT2D eigenvalue weighted by molar-refractivity contribution is 6.30. The number of ether oxygens (including phenoxy) is 2. The summed E-state index contributed by atoms with van der Waals surface area (Å²) in [7, 11) is 1.64. The zero-order valence-corrected chi connectivity index (χ0v) is 18.0. The van der Waals surface area contributed by atoms with Gasteiger partial charge in [-0.2, -0.15) is 0 Å². The summed E-state index contributed by atoms with van der Waals surface area (Å²) in [6.45, 7) is 2.61. The van der Waals surface area contributed by atoms with Crippen molar-refractivity contribution in [3.8, 4) is 22.8 Å². The highest BCUT2D eigenvalue weighted by Gasteiger charge is 2.22. The van der Waals surface area contributed by atoms with Crippen LogP contribution in [0.2, 0.25) is 5.02 Å². The van der Waals surface area contributed by atoms with Gasteiger partial charge in [-0.3, -0.25) is 4.79 Å². The summed E-state index contributed by atoms with van der Waals surface area (Å²) in [5.41, 5.74) is 1.79. The van der Waals surface area contributed by atoms with Crippen molar-refractivity contribution in [3.05, 3.63) is 65.7 Å². The van der Waals surface area contributed by atoms with E-state index in [1.807, 2.05) is 36.4 Å². The number of rotatable bonds is 6. The summed E-state index contributed by atoms with van der Waals surface area (Å²) in [4.78, 5) is 16.4. The van der Waals surface area contributed by atoms with Gasteiger partial charge in [-0.05, 0) is 54.6 Å². The average molecular weight is 439 g/mol. The van der Waals surface area contributed by atoms with E-state index in [-0.39, 0.29) is 12.5 Å². The van der Waals surface area contributed by atoms with Gasteiger partial charge in [-0.15, -0.1) is 10.2 Å². The van der Waals surface area contributed by atoms with Crippen LogP contribution in [0.1, 0.15) is 0 Å². The molecule has 1 fully saturated rings. The summed E-state index contributed by atoms with van der Waals surface area (Å²) >= 11 is 5.94. The minimum absolute atomic E-state index is 0.00327. The van der Waals surface area contributed by atoms with E-state index in [9.17, 15) is 4.79 Å². The minimum atomic E-state index is -0.0411. The highest BCUT2D eigenvalue weighted by Crippen LogP contribution is 2.22. The van der Waals surface area contributed by atoms with Crippen LogP contribution in [0, 0.1) is 0 Å². The second-order valence-corrected chi connectivity index (χ2v) is 7.56. The van der Waals surface area contributed by atoms with Crippen LogP contribution in [0.3, 0.4) is 0 Å². The monoisotopic (exact) mass is 438 g/mol. The molecular weight excluding hydrogens is 416 g/mol. The molecule has 0 spiro atoms. The Bertz CT molecular complexity index is 1020. The molecule has 31 heavy (non-hydrogen) atoms. The molecule has 1 amide bonds. The number of benzene rings is 2. The number of nitrogens with zero attached hydrogens (tertiary/aromatic N) is 4. The first kappa shape index (κ1) is 20.9. The highest BCUT2D eigenvalue weighted by atomic mass is 35.5. The molecule has 160 valence electrons. The van der Waals surface area contributed by atoms with Gasteiger partial charge in [0.1, 0.15) is 11.5 Å². The Hall–Kier alpha value is -3.32.